The molecule has 0 bridgehead atoms. The normalized spacial score (nSPS) is 14.2. The minimum absolute atomic E-state index is 0.0356. The summed E-state index contributed by atoms with van der Waals surface area (Å²) in [5, 5.41) is 0.0356. The van der Waals surface area contributed by atoms with Crippen LogP contribution in [0.5, 0.6) is 0 Å². The van der Waals surface area contributed by atoms with E-state index < -0.39 is 10.0 Å². The van der Waals surface area contributed by atoms with Gasteiger partial charge in [0.1, 0.15) is 5.82 Å². The first kappa shape index (κ1) is 14.1. The predicted molar refractivity (Wildman–Crippen MR) is 65.9 cm³/mol. The Kier molecular flexibility index (Phi) is 4.29. The summed E-state index contributed by atoms with van der Waals surface area (Å²) in [7, 11) is -1.80. The zero-order chi connectivity index (χ0) is 13.2. The van der Waals surface area contributed by atoms with Gasteiger partial charge in [0.05, 0.1) is 0 Å². The van der Waals surface area contributed by atoms with E-state index in [9.17, 15) is 8.42 Å². The summed E-state index contributed by atoms with van der Waals surface area (Å²) in [6.07, 6.45) is 1.48. The Bertz CT molecular complexity index is 459. The molecule has 7 heteroatoms. The molecule has 0 aliphatic heterocycles. The lowest BCUT2D eigenvalue weighted by Gasteiger charge is -2.15. The number of nitrogens with one attached hydrogen (secondary N) is 1. The van der Waals surface area contributed by atoms with Crippen molar-refractivity contribution in [1.29, 1.82) is 0 Å². The molecule has 3 N–H and O–H groups in total. The quantitative estimate of drug-likeness (QED) is 0.779. The SMILES string of the molecule is Cc1nc(S(=O)(=O)NCC(N)C(C)C)cn1C. The molecule has 0 spiro atoms. The van der Waals surface area contributed by atoms with Gasteiger partial charge >= 0.3 is 0 Å². The van der Waals surface area contributed by atoms with Gasteiger partial charge in [0.15, 0.2) is 5.03 Å². The molecule has 0 amide bonds. The highest BCUT2D eigenvalue weighted by Gasteiger charge is 2.19. The molecule has 1 aromatic heterocycles. The summed E-state index contributed by atoms with van der Waals surface area (Å²) in [5.41, 5.74) is 5.78. The van der Waals surface area contributed by atoms with Gasteiger partial charge in [-0.15, -0.1) is 0 Å². The first-order valence-corrected chi connectivity index (χ1v) is 6.97. The molecule has 1 rings (SSSR count). The maximum Gasteiger partial charge on any atom is 0.259 e. The molecular formula is C10H20N4O2S. The molecule has 17 heavy (non-hydrogen) atoms. The smallest absolute Gasteiger partial charge is 0.259 e. The highest BCUT2D eigenvalue weighted by atomic mass is 32.2. The average molecular weight is 260 g/mol. The second kappa shape index (κ2) is 5.16. The summed E-state index contributed by atoms with van der Waals surface area (Å²) < 4.78 is 27.9. The Morgan fingerprint density at radius 1 is 1.53 bits per heavy atom. The van der Waals surface area contributed by atoms with Crippen molar-refractivity contribution in [2.75, 3.05) is 6.54 Å². The molecule has 0 radical (unpaired) electrons. The molecule has 0 saturated heterocycles. The van der Waals surface area contributed by atoms with E-state index >= 15 is 0 Å². The first-order chi connectivity index (χ1) is 7.74. The van der Waals surface area contributed by atoms with E-state index in [1.807, 2.05) is 13.8 Å². The second-order valence-electron chi connectivity index (χ2n) is 4.50. The van der Waals surface area contributed by atoms with Crippen molar-refractivity contribution in [2.24, 2.45) is 18.7 Å². The minimum Gasteiger partial charge on any atom is -0.337 e. The fraction of sp³-hybridized carbons (Fsp3) is 0.700. The number of nitrogens with two attached hydrogens (primary N) is 1. The van der Waals surface area contributed by atoms with Gasteiger partial charge in [-0.2, -0.15) is 0 Å². The van der Waals surface area contributed by atoms with E-state index in [-0.39, 0.29) is 23.5 Å². The van der Waals surface area contributed by atoms with Gasteiger partial charge in [0.2, 0.25) is 0 Å². The van der Waals surface area contributed by atoms with Crippen molar-refractivity contribution >= 4 is 10.0 Å². The molecule has 1 atom stereocenters. The number of hydrogen-bond donors (Lipinski definition) is 2. The van der Waals surface area contributed by atoms with Crippen molar-refractivity contribution in [3.8, 4) is 0 Å². The summed E-state index contributed by atoms with van der Waals surface area (Å²) in [6, 6.07) is -0.199. The van der Waals surface area contributed by atoms with Crippen LogP contribution in [0.2, 0.25) is 0 Å². The number of hydrogen-bond acceptors (Lipinski definition) is 4. The van der Waals surface area contributed by atoms with Crippen LogP contribution in [0.15, 0.2) is 11.2 Å². The molecular weight excluding hydrogens is 240 g/mol. The minimum atomic E-state index is -3.55. The molecule has 0 aliphatic rings. The molecule has 0 saturated carbocycles. The fourth-order valence-corrected chi connectivity index (χ4v) is 2.28. The van der Waals surface area contributed by atoms with Gasteiger partial charge in [-0.1, -0.05) is 13.8 Å². The summed E-state index contributed by atoms with van der Waals surface area (Å²) in [6.45, 7) is 5.86. The Hall–Kier alpha value is -0.920. The first-order valence-electron chi connectivity index (χ1n) is 5.49. The number of imidazole rings is 1. The Balaban J connectivity index is 2.76. The maximum atomic E-state index is 11.9. The van der Waals surface area contributed by atoms with Crippen molar-refractivity contribution in [3.63, 3.8) is 0 Å². The number of sulfonamides is 1. The summed E-state index contributed by atoms with van der Waals surface area (Å²) in [5.74, 6) is 0.877. The molecule has 6 nitrogen and oxygen atoms in total. The zero-order valence-corrected chi connectivity index (χ0v) is 11.5. The predicted octanol–water partition coefficient (Wildman–Crippen LogP) is -0.00988. The van der Waals surface area contributed by atoms with Crippen molar-refractivity contribution in [1.82, 2.24) is 14.3 Å². The van der Waals surface area contributed by atoms with Crippen molar-refractivity contribution in [3.05, 3.63) is 12.0 Å². The van der Waals surface area contributed by atoms with Crippen LogP contribution in [-0.4, -0.2) is 30.6 Å². The van der Waals surface area contributed by atoms with Gasteiger partial charge < -0.3 is 10.3 Å². The van der Waals surface area contributed by atoms with E-state index in [0.717, 1.165) is 0 Å². The number of aryl methyl sites for hydroxylation is 2. The topological polar surface area (TPSA) is 90.0 Å². The van der Waals surface area contributed by atoms with Gasteiger partial charge in [-0.25, -0.2) is 18.1 Å². The highest BCUT2D eigenvalue weighted by Crippen LogP contribution is 2.07. The maximum absolute atomic E-state index is 11.9. The number of nitrogens with zero attached hydrogens (tertiary/aromatic N) is 2. The van der Waals surface area contributed by atoms with Gasteiger partial charge in [0.25, 0.3) is 10.0 Å². The van der Waals surface area contributed by atoms with Gasteiger partial charge in [0, 0.05) is 25.8 Å². The van der Waals surface area contributed by atoms with Crippen LogP contribution in [0.3, 0.4) is 0 Å². The lowest BCUT2D eigenvalue weighted by atomic mass is 10.1. The van der Waals surface area contributed by atoms with Crippen LogP contribution < -0.4 is 10.5 Å². The molecule has 98 valence electrons. The average Bonchev–Trinajstić information content (AvgIpc) is 2.56. The number of rotatable bonds is 5. The largest absolute Gasteiger partial charge is 0.337 e. The standard InChI is InChI=1S/C10H20N4O2S/c1-7(2)9(11)5-12-17(15,16)10-6-14(4)8(3)13-10/h6-7,9,12H,5,11H2,1-4H3. The molecule has 0 fully saturated rings. The lowest BCUT2D eigenvalue weighted by molar-refractivity contribution is 0.481. The number of aromatic nitrogens is 2. The van der Waals surface area contributed by atoms with Crippen LogP contribution in [-0.2, 0) is 17.1 Å². The second-order valence-corrected chi connectivity index (χ2v) is 6.21. The summed E-state index contributed by atoms with van der Waals surface area (Å²) in [4.78, 5) is 3.98. The van der Waals surface area contributed by atoms with Crippen LogP contribution in [0.1, 0.15) is 19.7 Å². The van der Waals surface area contributed by atoms with Crippen LogP contribution in [0, 0.1) is 12.8 Å². The molecule has 1 unspecified atom stereocenters. The van der Waals surface area contributed by atoms with Crippen LogP contribution in [0.25, 0.3) is 0 Å². The molecule has 0 aliphatic carbocycles. The van der Waals surface area contributed by atoms with E-state index in [4.69, 9.17) is 5.73 Å². The van der Waals surface area contributed by atoms with Gasteiger partial charge in [-0.05, 0) is 12.8 Å². The van der Waals surface area contributed by atoms with Crippen LogP contribution in [0.4, 0.5) is 0 Å². The van der Waals surface area contributed by atoms with Gasteiger partial charge in [-0.3, -0.25) is 0 Å². The monoisotopic (exact) mass is 260 g/mol. The third-order valence-electron chi connectivity index (χ3n) is 2.73. The van der Waals surface area contributed by atoms with E-state index in [1.165, 1.54) is 6.20 Å². The molecule has 1 aromatic rings. The lowest BCUT2D eigenvalue weighted by Crippen LogP contribution is -2.40. The van der Waals surface area contributed by atoms with Crippen molar-refractivity contribution < 1.29 is 8.42 Å². The van der Waals surface area contributed by atoms with E-state index in [0.29, 0.717) is 5.82 Å². The van der Waals surface area contributed by atoms with Crippen LogP contribution >= 0.6 is 0 Å². The van der Waals surface area contributed by atoms with Crippen molar-refractivity contribution in [2.45, 2.75) is 31.8 Å². The highest BCUT2D eigenvalue weighted by molar-refractivity contribution is 7.89. The third-order valence-corrected chi connectivity index (χ3v) is 4.02. The third kappa shape index (κ3) is 3.52. The Labute approximate surface area is 102 Å². The Morgan fingerprint density at radius 3 is 2.53 bits per heavy atom. The summed E-state index contributed by atoms with van der Waals surface area (Å²) >= 11 is 0. The molecule has 0 aromatic carbocycles. The van der Waals surface area contributed by atoms with E-state index in [1.54, 1.807) is 18.5 Å². The Morgan fingerprint density at radius 2 is 2.12 bits per heavy atom. The molecule has 1 heterocycles. The fourth-order valence-electron chi connectivity index (χ4n) is 1.17. The van der Waals surface area contributed by atoms with E-state index in [2.05, 4.69) is 9.71 Å². The zero-order valence-electron chi connectivity index (χ0n) is 10.6.